The van der Waals surface area contributed by atoms with E-state index in [9.17, 15) is 63.4 Å². The fourth-order valence-corrected chi connectivity index (χ4v) is 16.4. The Hall–Kier alpha value is -7.04. The minimum absolute atomic E-state index is 0.0249. The number of allylic oxidation sites excluding steroid dienone is 4. The molecule has 6 aliphatic rings. The number of hydrogen-bond acceptors (Lipinski definition) is 19. The molecule has 91 heavy (non-hydrogen) atoms. The predicted octanol–water partition coefficient (Wildman–Crippen LogP) is 2.95. The number of benzene rings is 1. The van der Waals surface area contributed by atoms with Crippen LogP contribution >= 0.6 is 7.82 Å². The topological polar surface area (TPSA) is 485 Å². The number of aryl methyl sites for hydroxylation is 2. The van der Waals surface area contributed by atoms with Crippen LogP contribution in [0.25, 0.3) is 11.0 Å². The number of aliphatic imine (C=N–C) groups is 3. The van der Waals surface area contributed by atoms with Gasteiger partial charge in [0.15, 0.2) is 0 Å². The number of aliphatic hydroxyl groups excluding tert-OH is 2. The van der Waals surface area contributed by atoms with E-state index in [0.717, 1.165) is 11.1 Å². The van der Waals surface area contributed by atoms with Crippen LogP contribution in [0.5, 0.6) is 0 Å². The average molecular weight is 1290 g/mol. The molecule has 2 unspecified atom stereocenters. The van der Waals surface area contributed by atoms with Crippen molar-refractivity contribution in [1.82, 2.24) is 20.6 Å². The Morgan fingerprint density at radius 1 is 0.835 bits per heavy atom. The van der Waals surface area contributed by atoms with Gasteiger partial charge in [0, 0.05) is 113 Å². The normalized spacial score (nSPS) is 34.8. The van der Waals surface area contributed by atoms with Crippen molar-refractivity contribution in [3.63, 3.8) is 0 Å². The van der Waals surface area contributed by atoms with E-state index in [0.29, 0.717) is 39.3 Å². The molecule has 0 aliphatic carbocycles. The first kappa shape index (κ1) is 69.8. The number of hydrogen-bond donors (Lipinski definition) is 13. The van der Waals surface area contributed by atoms with Crippen LogP contribution < -0.4 is 39.3 Å². The van der Waals surface area contributed by atoms with Crippen LogP contribution in [0.1, 0.15) is 156 Å². The number of ether oxygens (including phenoxy) is 1. The summed E-state index contributed by atoms with van der Waals surface area (Å²) in [6.07, 6.45) is -8.00. The summed E-state index contributed by atoms with van der Waals surface area (Å²) in [5, 5.41) is 51.9. The van der Waals surface area contributed by atoms with E-state index in [2.05, 4.69) is 20.6 Å². The van der Waals surface area contributed by atoms with Gasteiger partial charge in [0.25, 0.3) is 0 Å². The van der Waals surface area contributed by atoms with Crippen LogP contribution in [-0.4, -0.2) is 149 Å². The standard InChI is InChI=1S/C62H89N12O16P/c1-28-20-36-37(21-29(28)2)70-56(69-36)52-50(84)51(38(27-75)88-52)90-91(86,87)89-30(3)26-68-46(81)17-18-58(8)35(22-44(66)79)55-61(11)59(9,24-45(67)80)34(13-15-42(64)77)49(74-61)32(5)54-60(10,25-47(82)83)62(85,19-16-43(65)78)40(72-54)23-39-57(6,7)33(12-14-41(63)76)48(71-39)31(4)53(58)73-55/h20-21,23,30,33-35,38,50-52,55,72,75,84-85H,12-19,22,24-27H2,1-11H3,(H2,63,76)(H2,64,77)(H2,65,78)(H2,66,79)(H2,67,80)(H,68,81)(H,69,70)(H,82,83)(H,86,87)/b40-23-,48-31-,54-32-/t30-,33-,34-,35+,38-,50-,51-,52?,55-,58-,59+,60-,61-,62+/m1/s1. The van der Waals surface area contributed by atoms with E-state index >= 15 is 0 Å². The number of fused-ring (bicyclic) bond motifs is 7. The van der Waals surface area contributed by atoms with Crippen molar-refractivity contribution in [2.45, 2.75) is 194 Å². The molecule has 8 rings (SSSR count). The van der Waals surface area contributed by atoms with Crippen molar-refractivity contribution >= 4 is 77.4 Å². The predicted molar refractivity (Wildman–Crippen MR) is 334 cm³/mol. The third kappa shape index (κ3) is 12.9. The number of phosphoric acid groups is 1. The maximum absolute atomic E-state index is 14.4. The lowest BCUT2D eigenvalue weighted by atomic mass is 9.55. The number of phosphoric ester groups is 1. The number of aliphatic hydroxyl groups is 3. The lowest BCUT2D eigenvalue weighted by Crippen LogP contribution is -2.56. The number of nitrogens with one attached hydrogen (secondary N) is 3. The van der Waals surface area contributed by atoms with Crippen molar-refractivity contribution in [2.24, 2.45) is 83.1 Å². The molecule has 2 saturated heterocycles. The Morgan fingerprint density at radius 3 is 2.05 bits per heavy atom. The molecule has 6 amide bonds. The lowest BCUT2D eigenvalue weighted by Gasteiger charge is -2.48. The lowest BCUT2D eigenvalue weighted by molar-refractivity contribution is -0.142. The number of amides is 6. The van der Waals surface area contributed by atoms with Gasteiger partial charge in [-0.3, -0.25) is 57.6 Å². The number of rotatable bonds is 26. The Labute approximate surface area is 527 Å². The minimum atomic E-state index is -5.09. The SMILES string of the molecule is C/C1=C2N=C(/C=C3\N/C(=C(/C)C4=N[C@](C)([C@@H]5N=C1[C@](C)(CCC(=O)NC[C@@H](C)OP(=O)(O)O[C@@H]1[C@@H](CO)OC(c6nc7cc(C)c(C)cc7[nH]6)[C@@H]1O)[C@H]5CC(N)=O)[C@@](C)(CC(N)=O)[C@@H]4CCC(N)=O)[C@@](C)(CC(=O)O)[C@]3(O)CCC(N)=O)C(C)(C)[C@@H]/2CCC(N)=O. The maximum Gasteiger partial charge on any atom is 0.472 e. The third-order valence-corrected chi connectivity index (χ3v) is 21.9. The number of aromatic amines is 1. The zero-order valence-electron chi connectivity index (χ0n) is 53.5. The first-order valence-corrected chi connectivity index (χ1v) is 32.1. The van der Waals surface area contributed by atoms with Gasteiger partial charge in [0.05, 0.1) is 47.2 Å². The number of carbonyl (C=O) groups is 7. The van der Waals surface area contributed by atoms with Crippen molar-refractivity contribution < 1.29 is 77.2 Å². The van der Waals surface area contributed by atoms with E-state index in [1.54, 1.807) is 40.7 Å². The maximum atomic E-state index is 14.4. The number of aliphatic carboxylic acids is 1. The number of nitrogens with zero attached hydrogens (tertiary/aromatic N) is 4. The first-order chi connectivity index (χ1) is 42.2. The Bertz CT molecular complexity index is 3560. The summed E-state index contributed by atoms with van der Waals surface area (Å²) >= 11 is 0. The largest absolute Gasteiger partial charge is 0.481 e. The highest BCUT2D eigenvalue weighted by Gasteiger charge is 2.67. The summed E-state index contributed by atoms with van der Waals surface area (Å²) in [5.74, 6) is -7.79. The van der Waals surface area contributed by atoms with E-state index in [4.69, 9.17) is 57.4 Å². The second-order valence-corrected chi connectivity index (χ2v) is 28.5. The quantitative estimate of drug-likeness (QED) is 0.0602. The van der Waals surface area contributed by atoms with Crippen LogP contribution in [0.3, 0.4) is 0 Å². The van der Waals surface area contributed by atoms with Gasteiger partial charge in [-0.1, -0.05) is 34.6 Å². The number of nitrogens with two attached hydrogens (primary N) is 5. The molecule has 15 atom stereocenters. The zero-order valence-corrected chi connectivity index (χ0v) is 54.4. The van der Waals surface area contributed by atoms with Crippen LogP contribution in [0, 0.1) is 53.3 Å². The van der Waals surface area contributed by atoms with Crippen LogP contribution in [0.15, 0.2) is 61.4 Å². The van der Waals surface area contributed by atoms with Crippen LogP contribution in [0.2, 0.25) is 0 Å². The molecule has 0 spiro atoms. The zero-order chi connectivity index (χ0) is 67.6. The number of carboxylic acids is 1. The Balaban J connectivity index is 1.20. The van der Waals surface area contributed by atoms with Gasteiger partial charge in [-0.05, 0) is 108 Å². The summed E-state index contributed by atoms with van der Waals surface area (Å²) in [6, 6.07) is 2.62. The van der Waals surface area contributed by atoms with Gasteiger partial charge in [-0.15, -0.1) is 0 Å². The molecule has 2 aromatic rings. The summed E-state index contributed by atoms with van der Waals surface area (Å²) in [5.41, 5.74) is 26.2. The Kier molecular flexibility index (Phi) is 19.5. The van der Waals surface area contributed by atoms with Gasteiger partial charge in [-0.25, -0.2) is 9.55 Å². The molecular weight excluding hydrogens is 1200 g/mol. The summed E-state index contributed by atoms with van der Waals surface area (Å²) < 4.78 is 30.5. The smallest absolute Gasteiger partial charge is 0.472 e. The molecule has 28 nitrogen and oxygen atoms in total. The average Bonchev–Trinajstić information content (AvgIpc) is 1.54. The van der Waals surface area contributed by atoms with Crippen LogP contribution in [0.4, 0.5) is 0 Å². The highest BCUT2D eigenvalue weighted by molar-refractivity contribution is 7.47. The van der Waals surface area contributed by atoms with Crippen LogP contribution in [-0.2, 0) is 51.9 Å². The van der Waals surface area contributed by atoms with Gasteiger partial charge in [0.1, 0.15) is 35.8 Å². The van der Waals surface area contributed by atoms with E-state index in [1.165, 1.54) is 6.92 Å². The summed E-state index contributed by atoms with van der Waals surface area (Å²) in [7, 11) is -5.09. The molecule has 498 valence electrons. The molecular formula is C62H89N12O16P. The van der Waals surface area contributed by atoms with E-state index in [1.807, 2.05) is 46.8 Å². The second-order valence-electron chi connectivity index (χ2n) is 27.2. The highest BCUT2D eigenvalue weighted by Crippen LogP contribution is 2.63. The molecule has 0 radical (unpaired) electrons. The molecule has 2 fully saturated rings. The number of aromatic nitrogens is 2. The van der Waals surface area contributed by atoms with Crippen molar-refractivity contribution in [3.8, 4) is 0 Å². The molecule has 8 bridgehead atoms. The van der Waals surface area contributed by atoms with Gasteiger partial charge in [-0.2, -0.15) is 0 Å². The molecule has 6 aliphatic heterocycles. The van der Waals surface area contributed by atoms with Crippen molar-refractivity contribution in [2.75, 3.05) is 13.2 Å². The number of H-pyrrole nitrogens is 1. The summed E-state index contributed by atoms with van der Waals surface area (Å²) in [4.78, 5) is 129. The van der Waals surface area contributed by atoms with E-state index in [-0.39, 0.29) is 93.7 Å². The fourth-order valence-electron chi connectivity index (χ4n) is 15.3. The van der Waals surface area contributed by atoms with Gasteiger partial charge >= 0.3 is 13.8 Å². The molecule has 1 aromatic carbocycles. The Morgan fingerprint density at radius 2 is 1.46 bits per heavy atom. The number of carbonyl (C=O) groups excluding carboxylic acids is 6. The number of primary amides is 5. The summed E-state index contributed by atoms with van der Waals surface area (Å²) in [6.45, 7) is 18.3. The number of carboxylic acid groups (broad SMARTS) is 1. The van der Waals surface area contributed by atoms with Crippen molar-refractivity contribution in [1.29, 1.82) is 0 Å². The van der Waals surface area contributed by atoms with E-state index < -0.39 is 149 Å². The van der Waals surface area contributed by atoms with Gasteiger partial charge in [0.2, 0.25) is 35.4 Å². The molecule has 1 aromatic heterocycles. The second kappa shape index (κ2) is 25.5. The molecule has 7 heterocycles. The molecule has 29 heteroatoms. The minimum Gasteiger partial charge on any atom is -0.481 e. The highest BCUT2D eigenvalue weighted by atomic mass is 31.2. The first-order valence-electron chi connectivity index (χ1n) is 30.6. The van der Waals surface area contributed by atoms with Crippen molar-refractivity contribution in [3.05, 3.63) is 63.4 Å². The van der Waals surface area contributed by atoms with Gasteiger partial charge < -0.3 is 74.3 Å². The fraction of sp³-hybridized carbons (Fsp3) is 0.629. The molecule has 18 N–H and O–H groups in total. The molecule has 0 saturated carbocycles. The number of imidazole rings is 1. The monoisotopic (exact) mass is 1290 g/mol. The third-order valence-electron chi connectivity index (χ3n) is 20.7.